The summed E-state index contributed by atoms with van der Waals surface area (Å²) in [4.78, 5) is 4.06. The van der Waals surface area contributed by atoms with Crippen molar-refractivity contribution in [2.24, 2.45) is 0 Å². The van der Waals surface area contributed by atoms with Crippen LogP contribution in [-0.2, 0) is 11.3 Å². The summed E-state index contributed by atoms with van der Waals surface area (Å²) in [5.41, 5.74) is 0. The lowest BCUT2D eigenvalue weighted by Crippen LogP contribution is -2.29. The number of nitrogens with one attached hydrogen (secondary N) is 1. The maximum absolute atomic E-state index is 4.97. The van der Waals surface area contributed by atoms with Crippen LogP contribution in [0.15, 0.2) is 4.52 Å². The third-order valence-electron chi connectivity index (χ3n) is 1.59. The monoisotopic (exact) mass is 185 g/mol. The third-order valence-corrected chi connectivity index (χ3v) is 1.59. The van der Waals surface area contributed by atoms with Gasteiger partial charge in [0.25, 0.3) is 0 Å². The van der Waals surface area contributed by atoms with Crippen LogP contribution >= 0.6 is 0 Å². The Labute approximate surface area is 77.5 Å². The van der Waals surface area contributed by atoms with Crippen LogP contribution in [0.1, 0.15) is 18.6 Å². The van der Waals surface area contributed by atoms with Crippen LogP contribution in [0.5, 0.6) is 0 Å². The van der Waals surface area contributed by atoms with Gasteiger partial charge in [0.2, 0.25) is 5.89 Å². The van der Waals surface area contributed by atoms with Crippen molar-refractivity contribution in [2.75, 3.05) is 13.7 Å². The number of methoxy groups -OCH3 is 1. The first-order chi connectivity index (χ1) is 6.22. The van der Waals surface area contributed by atoms with Gasteiger partial charge in [-0.05, 0) is 13.8 Å². The highest BCUT2D eigenvalue weighted by Gasteiger charge is 2.04. The van der Waals surface area contributed by atoms with Gasteiger partial charge in [0, 0.05) is 13.2 Å². The molecule has 0 aromatic carbocycles. The van der Waals surface area contributed by atoms with Gasteiger partial charge in [-0.25, -0.2) is 0 Å². The second-order valence-corrected chi connectivity index (χ2v) is 2.97. The van der Waals surface area contributed by atoms with Crippen molar-refractivity contribution < 1.29 is 9.26 Å². The predicted octanol–water partition coefficient (Wildman–Crippen LogP) is 0.503. The van der Waals surface area contributed by atoms with E-state index in [4.69, 9.17) is 9.26 Å². The van der Waals surface area contributed by atoms with E-state index in [9.17, 15) is 0 Å². The van der Waals surface area contributed by atoms with E-state index in [-0.39, 0.29) is 6.04 Å². The molecule has 1 rings (SSSR count). The van der Waals surface area contributed by atoms with Gasteiger partial charge < -0.3 is 14.6 Å². The van der Waals surface area contributed by atoms with Crippen LogP contribution in [0.3, 0.4) is 0 Å². The summed E-state index contributed by atoms with van der Waals surface area (Å²) in [7, 11) is 1.68. The fourth-order valence-corrected chi connectivity index (χ4v) is 0.982. The van der Waals surface area contributed by atoms with Crippen molar-refractivity contribution in [1.82, 2.24) is 15.5 Å². The average molecular weight is 185 g/mol. The Morgan fingerprint density at radius 2 is 2.38 bits per heavy atom. The zero-order valence-electron chi connectivity index (χ0n) is 8.20. The quantitative estimate of drug-likeness (QED) is 0.724. The van der Waals surface area contributed by atoms with Gasteiger partial charge in [0.15, 0.2) is 5.82 Å². The average Bonchev–Trinajstić information content (AvgIpc) is 2.49. The first-order valence-corrected chi connectivity index (χ1v) is 4.24. The molecule has 1 heterocycles. The second-order valence-electron chi connectivity index (χ2n) is 2.97. The number of hydrogen-bond acceptors (Lipinski definition) is 5. The molecule has 1 atom stereocenters. The number of nitrogens with zero attached hydrogens (tertiary/aromatic N) is 2. The molecule has 1 unspecified atom stereocenters. The molecule has 0 aliphatic carbocycles. The van der Waals surface area contributed by atoms with E-state index in [0.29, 0.717) is 24.9 Å². The molecule has 1 aromatic rings. The highest BCUT2D eigenvalue weighted by atomic mass is 16.5. The Bertz CT molecular complexity index is 249. The summed E-state index contributed by atoms with van der Waals surface area (Å²) in [5.74, 6) is 1.27. The molecule has 5 nitrogen and oxygen atoms in total. The Kier molecular flexibility index (Phi) is 3.85. The molecule has 1 aromatic heterocycles. The maximum atomic E-state index is 4.97. The van der Waals surface area contributed by atoms with E-state index < -0.39 is 0 Å². The fraction of sp³-hybridized carbons (Fsp3) is 0.750. The maximum Gasteiger partial charge on any atom is 0.240 e. The molecule has 74 valence electrons. The van der Waals surface area contributed by atoms with Crippen molar-refractivity contribution in [3.05, 3.63) is 11.7 Å². The highest BCUT2D eigenvalue weighted by molar-refractivity contribution is 4.82. The summed E-state index contributed by atoms with van der Waals surface area (Å²) in [6.07, 6.45) is 0. The van der Waals surface area contributed by atoms with E-state index in [0.717, 1.165) is 0 Å². The molecule has 5 heteroatoms. The Balaban J connectivity index is 2.26. The van der Waals surface area contributed by atoms with Gasteiger partial charge in [0.1, 0.15) is 0 Å². The summed E-state index contributed by atoms with van der Waals surface area (Å²) < 4.78 is 9.90. The Morgan fingerprint density at radius 1 is 1.62 bits per heavy atom. The van der Waals surface area contributed by atoms with E-state index in [2.05, 4.69) is 15.5 Å². The van der Waals surface area contributed by atoms with Gasteiger partial charge in [-0.15, -0.1) is 0 Å². The Hall–Kier alpha value is -0.940. The molecule has 0 aliphatic heterocycles. The van der Waals surface area contributed by atoms with Gasteiger partial charge in [0.05, 0.1) is 13.2 Å². The van der Waals surface area contributed by atoms with E-state index in [1.54, 1.807) is 14.0 Å². The minimum atomic E-state index is 0.289. The van der Waals surface area contributed by atoms with Crippen molar-refractivity contribution in [3.8, 4) is 0 Å². The van der Waals surface area contributed by atoms with Gasteiger partial charge >= 0.3 is 0 Å². The van der Waals surface area contributed by atoms with Crippen LogP contribution in [0.2, 0.25) is 0 Å². The van der Waals surface area contributed by atoms with Crippen LogP contribution in [0, 0.1) is 6.92 Å². The van der Waals surface area contributed by atoms with Gasteiger partial charge in [-0.2, -0.15) is 4.98 Å². The van der Waals surface area contributed by atoms with Crippen molar-refractivity contribution in [1.29, 1.82) is 0 Å². The molecule has 0 fully saturated rings. The number of aromatic nitrogens is 2. The van der Waals surface area contributed by atoms with Crippen LogP contribution in [-0.4, -0.2) is 29.9 Å². The van der Waals surface area contributed by atoms with Crippen LogP contribution in [0.25, 0.3) is 0 Å². The normalized spacial score (nSPS) is 13.2. The minimum absolute atomic E-state index is 0.289. The molecule has 13 heavy (non-hydrogen) atoms. The SMILES string of the molecule is COCC(C)NCc1nc(C)no1. The van der Waals surface area contributed by atoms with E-state index >= 15 is 0 Å². The number of ether oxygens (including phenoxy) is 1. The molecule has 1 N–H and O–H groups in total. The van der Waals surface area contributed by atoms with Crippen molar-refractivity contribution in [3.63, 3.8) is 0 Å². The lowest BCUT2D eigenvalue weighted by molar-refractivity contribution is 0.169. The first kappa shape index (κ1) is 10.1. The lowest BCUT2D eigenvalue weighted by Gasteiger charge is -2.09. The fourth-order valence-electron chi connectivity index (χ4n) is 0.982. The van der Waals surface area contributed by atoms with Crippen molar-refractivity contribution >= 4 is 0 Å². The molecular formula is C8H15N3O2. The smallest absolute Gasteiger partial charge is 0.240 e. The zero-order valence-corrected chi connectivity index (χ0v) is 8.20. The molecule has 0 bridgehead atoms. The van der Waals surface area contributed by atoms with Crippen LogP contribution < -0.4 is 5.32 Å². The molecule has 0 saturated heterocycles. The van der Waals surface area contributed by atoms with Crippen LogP contribution in [0.4, 0.5) is 0 Å². The first-order valence-electron chi connectivity index (χ1n) is 4.24. The highest BCUT2D eigenvalue weighted by Crippen LogP contribution is 1.95. The standard InChI is InChI=1S/C8H15N3O2/c1-6(5-12-3)9-4-8-10-7(2)11-13-8/h6,9H,4-5H2,1-3H3. The molecule has 0 radical (unpaired) electrons. The molecular weight excluding hydrogens is 170 g/mol. The topological polar surface area (TPSA) is 60.2 Å². The van der Waals surface area contributed by atoms with Gasteiger partial charge in [-0.1, -0.05) is 5.16 Å². The number of aryl methyl sites for hydroxylation is 1. The number of hydrogen-bond donors (Lipinski definition) is 1. The number of rotatable bonds is 5. The second kappa shape index (κ2) is 4.94. The molecule has 0 aliphatic rings. The van der Waals surface area contributed by atoms with E-state index in [1.165, 1.54) is 0 Å². The molecule has 0 amide bonds. The Morgan fingerprint density at radius 3 is 2.92 bits per heavy atom. The predicted molar refractivity (Wildman–Crippen MR) is 47.2 cm³/mol. The largest absolute Gasteiger partial charge is 0.383 e. The summed E-state index contributed by atoms with van der Waals surface area (Å²) >= 11 is 0. The molecule has 0 spiro atoms. The lowest BCUT2D eigenvalue weighted by atomic mass is 10.3. The zero-order chi connectivity index (χ0) is 9.68. The third kappa shape index (κ3) is 3.52. The minimum Gasteiger partial charge on any atom is -0.383 e. The van der Waals surface area contributed by atoms with Crippen molar-refractivity contribution in [2.45, 2.75) is 26.4 Å². The summed E-state index contributed by atoms with van der Waals surface area (Å²) in [6.45, 7) is 5.09. The van der Waals surface area contributed by atoms with E-state index in [1.807, 2.05) is 6.92 Å². The molecule has 0 saturated carbocycles. The van der Waals surface area contributed by atoms with Gasteiger partial charge in [-0.3, -0.25) is 0 Å². The summed E-state index contributed by atoms with van der Waals surface area (Å²) in [5, 5.41) is 6.88. The summed E-state index contributed by atoms with van der Waals surface area (Å²) in [6, 6.07) is 0.289.